The van der Waals surface area contributed by atoms with Crippen molar-refractivity contribution in [2.24, 2.45) is 11.7 Å². The Balaban J connectivity index is 3.35. The largest absolute Gasteiger partial charge is 0.478 e. The Labute approximate surface area is 89.6 Å². The predicted molar refractivity (Wildman–Crippen MR) is 49.9 cm³/mol. The number of nitrogens with two attached hydrogens (primary N) is 1. The number of alkyl halides is 3. The lowest BCUT2D eigenvalue weighted by molar-refractivity contribution is -0.162. The highest BCUT2D eigenvalue weighted by Gasteiger charge is 2.49. The van der Waals surface area contributed by atoms with E-state index in [-0.39, 0.29) is 11.4 Å². The van der Waals surface area contributed by atoms with E-state index in [1.165, 1.54) is 13.8 Å². The van der Waals surface area contributed by atoms with Gasteiger partial charge < -0.3 is 16.2 Å². The highest BCUT2D eigenvalue weighted by molar-refractivity contribution is 5.89. The summed E-state index contributed by atoms with van der Waals surface area (Å²) in [5.41, 5.74) is 4.13. The smallest absolute Gasteiger partial charge is 0.401 e. The van der Waals surface area contributed by atoms with Gasteiger partial charge in [0.05, 0.1) is 5.57 Å². The van der Waals surface area contributed by atoms with Gasteiger partial charge in [-0.15, -0.1) is 0 Å². The topological polar surface area (TPSA) is 75.4 Å². The standard InChI is InChI=1S/C9H11F3N2O2/c1-3-5(8(15)16)6(9(10,11)12)7(13)4(2)14-3/h6,14H,13H2,1-2H3,(H,15,16). The lowest BCUT2D eigenvalue weighted by Gasteiger charge is -2.29. The zero-order chi connectivity index (χ0) is 12.7. The van der Waals surface area contributed by atoms with Crippen molar-refractivity contribution in [3.8, 4) is 0 Å². The Morgan fingerprint density at radius 3 is 2.25 bits per heavy atom. The normalized spacial score (nSPS) is 22.2. The second-order valence-electron chi connectivity index (χ2n) is 3.52. The van der Waals surface area contributed by atoms with E-state index in [1.807, 2.05) is 0 Å². The van der Waals surface area contributed by atoms with Gasteiger partial charge in [-0.25, -0.2) is 4.79 Å². The summed E-state index contributed by atoms with van der Waals surface area (Å²) < 4.78 is 38.1. The number of allylic oxidation sites excluding steroid dienone is 3. The Bertz CT molecular complexity index is 396. The molecule has 1 heterocycles. The van der Waals surface area contributed by atoms with Crippen LogP contribution in [0.15, 0.2) is 22.7 Å². The van der Waals surface area contributed by atoms with Gasteiger partial charge in [0, 0.05) is 17.1 Å². The number of carbonyl (C=O) groups is 1. The first-order valence-corrected chi connectivity index (χ1v) is 4.40. The lowest BCUT2D eigenvalue weighted by atomic mass is 9.89. The first kappa shape index (κ1) is 12.4. The van der Waals surface area contributed by atoms with E-state index in [0.29, 0.717) is 0 Å². The minimum Gasteiger partial charge on any atom is -0.478 e. The van der Waals surface area contributed by atoms with Crippen LogP contribution in [-0.4, -0.2) is 17.3 Å². The summed E-state index contributed by atoms with van der Waals surface area (Å²) in [7, 11) is 0. The average Bonchev–Trinajstić information content (AvgIpc) is 2.07. The Morgan fingerprint density at radius 1 is 1.38 bits per heavy atom. The predicted octanol–water partition coefficient (Wildman–Crippen LogP) is 1.32. The third kappa shape index (κ3) is 1.98. The molecule has 0 aromatic carbocycles. The molecule has 0 aliphatic carbocycles. The van der Waals surface area contributed by atoms with Gasteiger partial charge in [0.1, 0.15) is 5.92 Å². The van der Waals surface area contributed by atoms with Crippen molar-refractivity contribution in [1.82, 2.24) is 5.32 Å². The summed E-state index contributed by atoms with van der Waals surface area (Å²) in [6.07, 6.45) is -4.71. The van der Waals surface area contributed by atoms with E-state index in [4.69, 9.17) is 10.8 Å². The first-order valence-electron chi connectivity index (χ1n) is 4.40. The third-order valence-corrected chi connectivity index (χ3v) is 2.37. The van der Waals surface area contributed by atoms with Crippen molar-refractivity contribution in [2.45, 2.75) is 20.0 Å². The summed E-state index contributed by atoms with van der Waals surface area (Å²) in [5.74, 6) is -3.87. The van der Waals surface area contributed by atoms with E-state index in [0.717, 1.165) is 0 Å². The zero-order valence-electron chi connectivity index (χ0n) is 8.64. The third-order valence-electron chi connectivity index (χ3n) is 2.37. The van der Waals surface area contributed by atoms with Crippen molar-refractivity contribution >= 4 is 5.97 Å². The quantitative estimate of drug-likeness (QED) is 0.641. The molecule has 90 valence electrons. The molecular formula is C9H11F3N2O2. The number of aliphatic carboxylic acids is 1. The van der Waals surface area contributed by atoms with Crippen LogP contribution in [0.3, 0.4) is 0 Å². The number of dihydropyridines is 1. The molecule has 0 radical (unpaired) electrons. The molecule has 0 aromatic rings. The van der Waals surface area contributed by atoms with Gasteiger partial charge in [0.25, 0.3) is 0 Å². The molecular weight excluding hydrogens is 225 g/mol. The van der Waals surface area contributed by atoms with E-state index in [2.05, 4.69) is 5.32 Å². The molecule has 4 N–H and O–H groups in total. The summed E-state index contributed by atoms with van der Waals surface area (Å²) in [4.78, 5) is 10.8. The maximum atomic E-state index is 12.7. The van der Waals surface area contributed by atoms with E-state index in [9.17, 15) is 18.0 Å². The molecule has 4 nitrogen and oxygen atoms in total. The van der Waals surface area contributed by atoms with E-state index < -0.39 is 29.3 Å². The van der Waals surface area contributed by atoms with Gasteiger partial charge >= 0.3 is 12.1 Å². The maximum absolute atomic E-state index is 12.7. The molecule has 1 aliphatic rings. The van der Waals surface area contributed by atoms with Gasteiger partial charge in [-0.2, -0.15) is 13.2 Å². The molecule has 1 atom stereocenters. The van der Waals surface area contributed by atoms with Crippen LogP contribution >= 0.6 is 0 Å². The van der Waals surface area contributed by atoms with Gasteiger partial charge in [0.2, 0.25) is 0 Å². The number of hydrogen-bond donors (Lipinski definition) is 3. The van der Waals surface area contributed by atoms with Crippen LogP contribution in [0.25, 0.3) is 0 Å². The molecule has 0 saturated carbocycles. The molecule has 1 aliphatic heterocycles. The average molecular weight is 236 g/mol. The summed E-state index contributed by atoms with van der Waals surface area (Å²) in [6, 6.07) is 0. The van der Waals surface area contributed by atoms with Crippen LogP contribution in [0.4, 0.5) is 13.2 Å². The fourth-order valence-electron chi connectivity index (χ4n) is 1.63. The Hall–Kier alpha value is -1.66. The van der Waals surface area contributed by atoms with Crippen molar-refractivity contribution in [1.29, 1.82) is 0 Å². The second kappa shape index (κ2) is 3.73. The molecule has 0 spiro atoms. The van der Waals surface area contributed by atoms with Crippen LogP contribution in [0.2, 0.25) is 0 Å². The highest BCUT2D eigenvalue weighted by Crippen LogP contribution is 2.39. The van der Waals surface area contributed by atoms with Crippen LogP contribution in [0.1, 0.15) is 13.8 Å². The SMILES string of the molecule is CC1=C(N)C(C(F)(F)F)C(C(=O)O)=C(C)N1. The van der Waals surface area contributed by atoms with Crippen LogP contribution in [0, 0.1) is 5.92 Å². The minimum atomic E-state index is -4.71. The number of halogens is 3. The lowest BCUT2D eigenvalue weighted by Crippen LogP contribution is -2.40. The molecule has 0 fully saturated rings. The number of rotatable bonds is 1. The summed E-state index contributed by atoms with van der Waals surface area (Å²) in [5, 5.41) is 11.3. The fourth-order valence-corrected chi connectivity index (χ4v) is 1.63. The molecule has 1 rings (SSSR count). The molecule has 7 heteroatoms. The first-order chi connectivity index (χ1) is 7.16. The molecule has 0 saturated heterocycles. The maximum Gasteiger partial charge on any atom is 0.401 e. The van der Waals surface area contributed by atoms with Gasteiger partial charge in [-0.3, -0.25) is 0 Å². The molecule has 0 bridgehead atoms. The highest BCUT2D eigenvalue weighted by atomic mass is 19.4. The summed E-state index contributed by atoms with van der Waals surface area (Å²) in [6.45, 7) is 2.65. The number of hydrogen-bond acceptors (Lipinski definition) is 3. The Kier molecular flexibility index (Phi) is 2.89. The number of carboxylic acids is 1. The molecule has 0 aromatic heterocycles. The van der Waals surface area contributed by atoms with E-state index >= 15 is 0 Å². The monoisotopic (exact) mass is 236 g/mol. The van der Waals surface area contributed by atoms with Crippen molar-refractivity contribution in [3.63, 3.8) is 0 Å². The van der Waals surface area contributed by atoms with Crippen LogP contribution in [-0.2, 0) is 4.79 Å². The minimum absolute atomic E-state index is 0.0403. The number of carboxylic acid groups (broad SMARTS) is 1. The molecule has 1 unspecified atom stereocenters. The van der Waals surface area contributed by atoms with E-state index in [1.54, 1.807) is 0 Å². The van der Waals surface area contributed by atoms with Crippen molar-refractivity contribution in [2.75, 3.05) is 0 Å². The van der Waals surface area contributed by atoms with Gasteiger partial charge in [-0.1, -0.05) is 0 Å². The van der Waals surface area contributed by atoms with Gasteiger partial charge in [-0.05, 0) is 13.8 Å². The van der Waals surface area contributed by atoms with Crippen molar-refractivity contribution < 1.29 is 23.1 Å². The van der Waals surface area contributed by atoms with Crippen molar-refractivity contribution in [3.05, 3.63) is 22.7 Å². The molecule has 16 heavy (non-hydrogen) atoms. The van der Waals surface area contributed by atoms with Crippen LogP contribution in [0.5, 0.6) is 0 Å². The number of nitrogens with one attached hydrogen (secondary N) is 1. The molecule has 0 amide bonds. The summed E-state index contributed by atoms with van der Waals surface area (Å²) >= 11 is 0. The van der Waals surface area contributed by atoms with Gasteiger partial charge in [0.15, 0.2) is 0 Å². The van der Waals surface area contributed by atoms with Crippen LogP contribution < -0.4 is 11.1 Å². The fraction of sp³-hybridized carbons (Fsp3) is 0.444. The second-order valence-corrected chi connectivity index (χ2v) is 3.52. The Morgan fingerprint density at radius 2 is 1.88 bits per heavy atom. The zero-order valence-corrected chi connectivity index (χ0v) is 8.64.